The van der Waals surface area contributed by atoms with Gasteiger partial charge in [0.25, 0.3) is 5.91 Å². The number of oxazole rings is 1. The van der Waals surface area contributed by atoms with Crippen LogP contribution in [0.15, 0.2) is 59.4 Å². The molecule has 144 valence electrons. The molecule has 1 aliphatic heterocycles. The molecule has 0 radical (unpaired) electrons. The van der Waals surface area contributed by atoms with E-state index >= 15 is 0 Å². The second-order valence-electron chi connectivity index (χ2n) is 6.69. The summed E-state index contributed by atoms with van der Waals surface area (Å²) in [5, 5.41) is 0. The van der Waals surface area contributed by atoms with Crippen LogP contribution in [-0.4, -0.2) is 33.9 Å². The lowest BCUT2D eigenvalue weighted by Crippen LogP contribution is -2.34. The highest BCUT2D eigenvalue weighted by Crippen LogP contribution is 2.32. The average molecular weight is 381 g/mol. The summed E-state index contributed by atoms with van der Waals surface area (Å²) in [6.07, 6.45) is 7.11. The molecule has 0 unspecified atom stereocenters. The van der Waals surface area contributed by atoms with E-state index in [9.17, 15) is 9.18 Å². The minimum atomic E-state index is -0.268. The van der Waals surface area contributed by atoms with Crippen LogP contribution in [0.2, 0.25) is 0 Å². The summed E-state index contributed by atoms with van der Waals surface area (Å²) in [5.74, 6) is 1.40. The Morgan fingerprint density at radius 1 is 1.25 bits per heavy atom. The molecule has 1 aliphatic rings. The molecule has 1 atom stereocenters. The Labute approximate surface area is 162 Å². The van der Waals surface area contributed by atoms with Gasteiger partial charge in [-0.15, -0.1) is 0 Å². The Morgan fingerprint density at radius 2 is 2.11 bits per heavy atom. The van der Waals surface area contributed by atoms with Crippen molar-refractivity contribution in [1.82, 2.24) is 14.9 Å². The first-order valence-corrected chi connectivity index (χ1v) is 9.20. The number of hydrogen-bond acceptors (Lipinski definition) is 5. The highest BCUT2D eigenvalue weighted by atomic mass is 19.1. The zero-order chi connectivity index (χ0) is 19.3. The number of ether oxygens (including phenoxy) is 1. The normalized spacial score (nSPS) is 16.3. The van der Waals surface area contributed by atoms with Gasteiger partial charge in [-0.2, -0.15) is 0 Å². The highest BCUT2D eigenvalue weighted by molar-refractivity contribution is 5.78. The lowest BCUT2D eigenvalue weighted by atomic mass is 10.1. The third kappa shape index (κ3) is 4.19. The van der Waals surface area contributed by atoms with E-state index in [0.717, 1.165) is 18.4 Å². The predicted molar refractivity (Wildman–Crippen MR) is 99.1 cm³/mol. The van der Waals surface area contributed by atoms with Crippen molar-refractivity contribution in [3.8, 4) is 5.75 Å². The Balaban J connectivity index is 1.39. The van der Waals surface area contributed by atoms with E-state index in [1.807, 2.05) is 0 Å². The van der Waals surface area contributed by atoms with Crippen LogP contribution in [0.3, 0.4) is 0 Å². The second-order valence-corrected chi connectivity index (χ2v) is 6.69. The molecular weight excluding hydrogens is 361 g/mol. The van der Waals surface area contributed by atoms with Crippen LogP contribution in [0.4, 0.5) is 4.39 Å². The molecule has 0 spiro atoms. The van der Waals surface area contributed by atoms with Crippen LogP contribution in [0.25, 0.3) is 0 Å². The summed E-state index contributed by atoms with van der Waals surface area (Å²) < 4.78 is 24.5. The molecule has 28 heavy (non-hydrogen) atoms. The maximum Gasteiger partial charge on any atom is 0.261 e. The number of halogens is 1. The van der Waals surface area contributed by atoms with Crippen molar-refractivity contribution in [3.05, 3.63) is 78.0 Å². The van der Waals surface area contributed by atoms with Crippen LogP contribution < -0.4 is 4.74 Å². The number of pyridine rings is 1. The van der Waals surface area contributed by atoms with Gasteiger partial charge in [0, 0.05) is 19.2 Å². The Hall–Kier alpha value is -3.22. The Bertz CT molecular complexity index is 928. The number of carbonyl (C=O) groups is 1. The van der Waals surface area contributed by atoms with Gasteiger partial charge in [-0.1, -0.05) is 12.1 Å². The number of hydrogen-bond donors (Lipinski definition) is 0. The van der Waals surface area contributed by atoms with Crippen molar-refractivity contribution >= 4 is 5.91 Å². The standard InChI is InChI=1S/C21H20FN3O3/c22-16-7-5-15(6-8-16)11-18-13-24-21(28-18)19-4-2-10-25(19)20(26)14-27-17-3-1-9-23-12-17/h1,3,5-9,12-13,19H,2,4,10-11,14H2/t19-/m0/s1. The first-order chi connectivity index (χ1) is 13.7. The lowest BCUT2D eigenvalue weighted by molar-refractivity contribution is -0.134. The maximum atomic E-state index is 13.0. The summed E-state index contributed by atoms with van der Waals surface area (Å²) in [6, 6.07) is 9.62. The molecule has 2 aromatic heterocycles. The van der Waals surface area contributed by atoms with Crippen molar-refractivity contribution in [2.75, 3.05) is 13.2 Å². The highest BCUT2D eigenvalue weighted by Gasteiger charge is 2.33. The summed E-state index contributed by atoms with van der Waals surface area (Å²) in [5.41, 5.74) is 0.938. The summed E-state index contributed by atoms with van der Waals surface area (Å²) in [7, 11) is 0. The lowest BCUT2D eigenvalue weighted by Gasteiger charge is -2.22. The van der Waals surface area contributed by atoms with Crippen LogP contribution >= 0.6 is 0 Å². The fourth-order valence-corrected chi connectivity index (χ4v) is 3.34. The van der Waals surface area contributed by atoms with Crippen LogP contribution in [0, 0.1) is 5.82 Å². The predicted octanol–water partition coefficient (Wildman–Crippen LogP) is 3.54. The van der Waals surface area contributed by atoms with Crippen molar-refractivity contribution in [2.45, 2.75) is 25.3 Å². The average Bonchev–Trinajstić information content (AvgIpc) is 3.38. The molecule has 7 heteroatoms. The molecule has 6 nitrogen and oxygen atoms in total. The van der Waals surface area contributed by atoms with Gasteiger partial charge >= 0.3 is 0 Å². The number of benzene rings is 1. The number of aromatic nitrogens is 2. The number of carbonyl (C=O) groups excluding carboxylic acids is 1. The molecule has 4 rings (SSSR count). The van der Waals surface area contributed by atoms with E-state index in [4.69, 9.17) is 9.15 Å². The minimum Gasteiger partial charge on any atom is -0.482 e. The summed E-state index contributed by atoms with van der Waals surface area (Å²) >= 11 is 0. The zero-order valence-corrected chi connectivity index (χ0v) is 15.3. The zero-order valence-electron chi connectivity index (χ0n) is 15.3. The number of nitrogens with zero attached hydrogens (tertiary/aromatic N) is 3. The molecule has 3 aromatic rings. The van der Waals surface area contributed by atoms with E-state index < -0.39 is 0 Å². The van der Waals surface area contributed by atoms with Crippen molar-refractivity contribution < 1.29 is 18.3 Å². The SMILES string of the molecule is O=C(COc1cccnc1)N1CCC[C@H]1c1ncc(Cc2ccc(F)cc2)o1. The van der Waals surface area contributed by atoms with E-state index in [-0.39, 0.29) is 24.4 Å². The molecule has 1 aromatic carbocycles. The van der Waals surface area contributed by atoms with Gasteiger partial charge in [-0.05, 0) is 42.7 Å². The number of amides is 1. The monoisotopic (exact) mass is 381 g/mol. The van der Waals surface area contributed by atoms with E-state index in [1.54, 1.807) is 47.8 Å². The molecule has 1 amide bonds. The van der Waals surface area contributed by atoms with Gasteiger partial charge in [0.2, 0.25) is 5.89 Å². The maximum absolute atomic E-state index is 13.0. The number of likely N-dealkylation sites (tertiary alicyclic amines) is 1. The van der Waals surface area contributed by atoms with Gasteiger partial charge in [-0.3, -0.25) is 9.78 Å². The molecule has 0 bridgehead atoms. The van der Waals surface area contributed by atoms with Crippen LogP contribution in [-0.2, 0) is 11.2 Å². The van der Waals surface area contributed by atoms with E-state index in [2.05, 4.69) is 9.97 Å². The fraction of sp³-hybridized carbons (Fsp3) is 0.286. The summed E-state index contributed by atoms with van der Waals surface area (Å²) in [6.45, 7) is 0.598. The van der Waals surface area contributed by atoms with Crippen LogP contribution in [0.1, 0.15) is 36.1 Å². The molecule has 0 saturated carbocycles. The van der Waals surface area contributed by atoms with Gasteiger partial charge in [-0.25, -0.2) is 9.37 Å². The van der Waals surface area contributed by atoms with Gasteiger partial charge in [0.1, 0.15) is 23.4 Å². The third-order valence-corrected chi connectivity index (χ3v) is 4.72. The molecule has 1 saturated heterocycles. The quantitative estimate of drug-likeness (QED) is 0.653. The van der Waals surface area contributed by atoms with Crippen molar-refractivity contribution in [1.29, 1.82) is 0 Å². The van der Waals surface area contributed by atoms with E-state index in [1.165, 1.54) is 12.1 Å². The molecule has 0 aliphatic carbocycles. The van der Waals surface area contributed by atoms with E-state index in [0.29, 0.717) is 30.4 Å². The molecule has 1 fully saturated rings. The first-order valence-electron chi connectivity index (χ1n) is 9.20. The first kappa shape index (κ1) is 18.2. The molecule has 3 heterocycles. The smallest absolute Gasteiger partial charge is 0.261 e. The van der Waals surface area contributed by atoms with Gasteiger partial charge in [0.05, 0.1) is 12.4 Å². The second kappa shape index (κ2) is 8.21. The van der Waals surface area contributed by atoms with Gasteiger partial charge < -0.3 is 14.1 Å². The third-order valence-electron chi connectivity index (χ3n) is 4.72. The molecule has 0 N–H and O–H groups in total. The minimum absolute atomic E-state index is 0.0503. The van der Waals surface area contributed by atoms with Crippen molar-refractivity contribution in [3.63, 3.8) is 0 Å². The largest absolute Gasteiger partial charge is 0.482 e. The summed E-state index contributed by atoms with van der Waals surface area (Å²) in [4.78, 5) is 22.7. The Kier molecular flexibility index (Phi) is 5.32. The fourth-order valence-electron chi connectivity index (χ4n) is 3.34. The molecular formula is C21H20FN3O3. The van der Waals surface area contributed by atoms with Gasteiger partial charge in [0.15, 0.2) is 6.61 Å². The van der Waals surface area contributed by atoms with Crippen LogP contribution in [0.5, 0.6) is 5.75 Å². The topological polar surface area (TPSA) is 68.5 Å². The number of rotatable bonds is 6. The van der Waals surface area contributed by atoms with Crippen molar-refractivity contribution in [2.24, 2.45) is 0 Å². The Morgan fingerprint density at radius 3 is 2.89 bits per heavy atom.